The Bertz CT molecular complexity index is 978. The molecule has 138 valence electrons. The van der Waals surface area contributed by atoms with E-state index in [1.54, 1.807) is 29.3 Å². The number of morpholine rings is 1. The highest BCUT2D eigenvalue weighted by atomic mass is 79.9. The van der Waals surface area contributed by atoms with E-state index in [0.717, 1.165) is 4.47 Å². The maximum atomic E-state index is 12.3. The van der Waals surface area contributed by atoms with Gasteiger partial charge in [0.1, 0.15) is 12.1 Å². The van der Waals surface area contributed by atoms with E-state index in [2.05, 4.69) is 36.2 Å². The number of carbonyl (C=O) groups is 1. The van der Waals surface area contributed by atoms with Crippen LogP contribution < -0.4 is 10.1 Å². The van der Waals surface area contributed by atoms with Crippen molar-refractivity contribution in [3.8, 4) is 11.6 Å². The van der Waals surface area contributed by atoms with Crippen LogP contribution in [0.15, 0.2) is 47.3 Å². The summed E-state index contributed by atoms with van der Waals surface area (Å²) in [7, 11) is 0. The van der Waals surface area contributed by atoms with Crippen LogP contribution in [0.1, 0.15) is 0 Å². The van der Waals surface area contributed by atoms with Gasteiger partial charge in [0.2, 0.25) is 5.88 Å². The SMILES string of the molecule is O=C(Nc1cccc(Oc2ncnc3ncc(Br)cc23)c1)N1CCOCC1. The molecular formula is C18H16BrN5O3. The largest absolute Gasteiger partial charge is 0.438 e. The van der Waals surface area contributed by atoms with Crippen LogP contribution in [-0.4, -0.2) is 52.2 Å². The number of rotatable bonds is 3. The lowest BCUT2D eigenvalue weighted by Gasteiger charge is -2.26. The first-order valence-electron chi connectivity index (χ1n) is 8.37. The third-order valence-corrected chi connectivity index (χ3v) is 4.45. The minimum absolute atomic E-state index is 0.156. The molecule has 0 bridgehead atoms. The number of benzene rings is 1. The molecule has 4 rings (SSSR count). The standard InChI is InChI=1S/C18H16BrN5O3/c19-12-8-15-16(20-10-12)21-11-22-17(15)27-14-3-1-2-13(9-14)23-18(25)24-4-6-26-7-5-24/h1-3,8-11H,4-7H2,(H,23,25). The smallest absolute Gasteiger partial charge is 0.322 e. The molecule has 1 saturated heterocycles. The highest BCUT2D eigenvalue weighted by Gasteiger charge is 2.17. The predicted molar refractivity (Wildman–Crippen MR) is 103 cm³/mol. The quantitative estimate of drug-likeness (QED) is 0.685. The zero-order valence-corrected chi connectivity index (χ0v) is 15.8. The molecule has 0 aliphatic carbocycles. The van der Waals surface area contributed by atoms with Gasteiger partial charge in [0.25, 0.3) is 0 Å². The van der Waals surface area contributed by atoms with Crippen molar-refractivity contribution in [2.75, 3.05) is 31.6 Å². The third kappa shape index (κ3) is 4.15. The summed E-state index contributed by atoms with van der Waals surface area (Å²) < 4.78 is 12.0. The number of nitrogens with one attached hydrogen (secondary N) is 1. The highest BCUT2D eigenvalue weighted by Crippen LogP contribution is 2.29. The monoisotopic (exact) mass is 429 g/mol. The number of anilines is 1. The van der Waals surface area contributed by atoms with E-state index in [4.69, 9.17) is 9.47 Å². The van der Waals surface area contributed by atoms with Gasteiger partial charge in [0.05, 0.1) is 18.6 Å². The van der Waals surface area contributed by atoms with Crippen molar-refractivity contribution in [1.82, 2.24) is 19.9 Å². The fraction of sp³-hybridized carbons (Fsp3) is 0.222. The van der Waals surface area contributed by atoms with E-state index in [1.807, 2.05) is 12.1 Å². The van der Waals surface area contributed by atoms with Gasteiger partial charge in [-0.05, 0) is 34.1 Å². The fourth-order valence-corrected chi connectivity index (χ4v) is 3.03. The number of hydrogen-bond donors (Lipinski definition) is 1. The summed E-state index contributed by atoms with van der Waals surface area (Å²) >= 11 is 3.39. The molecule has 0 unspecified atom stereocenters. The second-order valence-corrected chi connectivity index (χ2v) is 6.78. The van der Waals surface area contributed by atoms with Gasteiger partial charge in [-0.2, -0.15) is 0 Å². The average molecular weight is 430 g/mol. The highest BCUT2D eigenvalue weighted by molar-refractivity contribution is 9.10. The van der Waals surface area contributed by atoms with E-state index >= 15 is 0 Å². The molecule has 3 heterocycles. The Morgan fingerprint density at radius 3 is 2.89 bits per heavy atom. The minimum Gasteiger partial charge on any atom is -0.438 e. The van der Waals surface area contributed by atoms with Crippen LogP contribution in [-0.2, 0) is 4.74 Å². The Labute approximate surface area is 163 Å². The van der Waals surface area contributed by atoms with Gasteiger partial charge in [-0.25, -0.2) is 19.7 Å². The van der Waals surface area contributed by atoms with Crippen molar-refractivity contribution in [1.29, 1.82) is 0 Å². The van der Waals surface area contributed by atoms with Gasteiger partial charge in [-0.1, -0.05) is 6.07 Å². The molecule has 1 aliphatic heterocycles. The molecule has 0 atom stereocenters. The van der Waals surface area contributed by atoms with E-state index in [9.17, 15) is 4.79 Å². The molecule has 0 spiro atoms. The van der Waals surface area contributed by atoms with Gasteiger partial charge in [0.15, 0.2) is 5.65 Å². The van der Waals surface area contributed by atoms with Crippen molar-refractivity contribution in [2.24, 2.45) is 0 Å². The van der Waals surface area contributed by atoms with Crippen LogP contribution in [0.25, 0.3) is 11.0 Å². The molecule has 3 aromatic rings. The molecule has 2 amide bonds. The number of ether oxygens (including phenoxy) is 2. The average Bonchev–Trinajstić information content (AvgIpc) is 2.69. The van der Waals surface area contributed by atoms with Crippen LogP contribution in [0, 0.1) is 0 Å². The summed E-state index contributed by atoms with van der Waals surface area (Å²) in [5.41, 5.74) is 1.18. The van der Waals surface area contributed by atoms with E-state index in [1.165, 1.54) is 6.33 Å². The number of hydrogen-bond acceptors (Lipinski definition) is 6. The summed E-state index contributed by atoms with van der Waals surface area (Å²) in [6.07, 6.45) is 3.07. The number of nitrogens with zero attached hydrogens (tertiary/aromatic N) is 4. The van der Waals surface area contributed by atoms with Crippen LogP contribution in [0.4, 0.5) is 10.5 Å². The lowest BCUT2D eigenvalue weighted by atomic mass is 10.3. The zero-order valence-electron chi connectivity index (χ0n) is 14.3. The molecule has 8 nitrogen and oxygen atoms in total. The number of halogens is 1. The maximum absolute atomic E-state index is 12.3. The molecule has 0 radical (unpaired) electrons. The maximum Gasteiger partial charge on any atom is 0.322 e. The second-order valence-electron chi connectivity index (χ2n) is 5.86. The molecule has 9 heteroatoms. The minimum atomic E-state index is -0.156. The van der Waals surface area contributed by atoms with Gasteiger partial charge in [0, 0.05) is 35.5 Å². The van der Waals surface area contributed by atoms with Gasteiger partial charge in [-0.3, -0.25) is 0 Å². The van der Waals surface area contributed by atoms with Crippen LogP contribution in [0.5, 0.6) is 11.6 Å². The lowest BCUT2D eigenvalue weighted by Crippen LogP contribution is -2.43. The first kappa shape index (κ1) is 17.6. The van der Waals surface area contributed by atoms with Gasteiger partial charge >= 0.3 is 6.03 Å². The van der Waals surface area contributed by atoms with Crippen molar-refractivity contribution < 1.29 is 14.3 Å². The van der Waals surface area contributed by atoms with E-state index < -0.39 is 0 Å². The van der Waals surface area contributed by atoms with Crippen LogP contribution >= 0.6 is 15.9 Å². The predicted octanol–water partition coefficient (Wildman–Crippen LogP) is 3.44. The van der Waals surface area contributed by atoms with Crippen LogP contribution in [0.3, 0.4) is 0 Å². The van der Waals surface area contributed by atoms with E-state index in [-0.39, 0.29) is 6.03 Å². The van der Waals surface area contributed by atoms with Crippen LogP contribution in [0.2, 0.25) is 0 Å². The normalized spacial score (nSPS) is 14.2. The summed E-state index contributed by atoms with van der Waals surface area (Å²) in [6, 6.07) is 8.85. The molecule has 0 saturated carbocycles. The number of aromatic nitrogens is 3. The second kappa shape index (κ2) is 7.85. The Morgan fingerprint density at radius 1 is 1.19 bits per heavy atom. The molecule has 27 heavy (non-hydrogen) atoms. The first-order valence-corrected chi connectivity index (χ1v) is 9.16. The molecule has 1 N–H and O–H groups in total. The van der Waals surface area contributed by atoms with Gasteiger partial charge in [-0.15, -0.1) is 0 Å². The summed E-state index contributed by atoms with van der Waals surface area (Å²) in [5.74, 6) is 0.945. The Hall–Kier alpha value is -2.78. The van der Waals surface area contributed by atoms with Crippen molar-refractivity contribution in [2.45, 2.75) is 0 Å². The van der Waals surface area contributed by atoms with Gasteiger partial charge < -0.3 is 19.7 Å². The summed E-state index contributed by atoms with van der Waals surface area (Å²) in [4.78, 5) is 26.6. The molecule has 1 fully saturated rings. The molecule has 1 aromatic carbocycles. The topological polar surface area (TPSA) is 89.5 Å². The number of amides is 2. The lowest BCUT2D eigenvalue weighted by molar-refractivity contribution is 0.0564. The number of urea groups is 1. The van der Waals surface area contributed by atoms with E-state index in [0.29, 0.717) is 54.7 Å². The van der Waals surface area contributed by atoms with Crippen molar-refractivity contribution in [3.63, 3.8) is 0 Å². The zero-order chi connectivity index (χ0) is 18.6. The Balaban J connectivity index is 1.53. The Morgan fingerprint density at radius 2 is 2.04 bits per heavy atom. The molecule has 2 aromatic heterocycles. The van der Waals surface area contributed by atoms with Crippen molar-refractivity contribution in [3.05, 3.63) is 47.3 Å². The first-order chi connectivity index (χ1) is 13.2. The Kier molecular flexibility index (Phi) is 5.12. The molecular weight excluding hydrogens is 414 g/mol. The fourth-order valence-electron chi connectivity index (χ4n) is 2.70. The number of carbonyl (C=O) groups excluding carboxylic acids is 1. The summed E-state index contributed by atoms with van der Waals surface area (Å²) in [6.45, 7) is 2.27. The summed E-state index contributed by atoms with van der Waals surface area (Å²) in [5, 5.41) is 3.57. The number of fused-ring (bicyclic) bond motifs is 1. The number of pyridine rings is 1. The molecule has 1 aliphatic rings. The third-order valence-electron chi connectivity index (χ3n) is 4.02. The van der Waals surface area contributed by atoms with Crippen molar-refractivity contribution >= 4 is 38.7 Å².